The van der Waals surface area contributed by atoms with Crippen LogP contribution in [0.5, 0.6) is 0 Å². The molecular weight excluding hydrogens is 409 g/mol. The highest BCUT2D eigenvalue weighted by Gasteiger charge is 2.35. The number of carbonyl (C=O) groups excluding carboxylic acids is 2. The average molecular weight is 423 g/mol. The third-order valence-electron chi connectivity index (χ3n) is 4.44. The summed E-state index contributed by atoms with van der Waals surface area (Å²) < 4.78 is 18.8. The molecule has 0 atom stereocenters. The van der Waals surface area contributed by atoms with E-state index in [1.54, 1.807) is 24.3 Å². The molecule has 1 saturated heterocycles. The Morgan fingerprint density at radius 3 is 2.40 bits per heavy atom. The van der Waals surface area contributed by atoms with Crippen molar-refractivity contribution in [2.45, 2.75) is 6.54 Å². The second-order valence-electron chi connectivity index (χ2n) is 6.48. The number of aromatic carboxylic acids is 1. The maximum absolute atomic E-state index is 13.0. The molecule has 0 radical (unpaired) electrons. The van der Waals surface area contributed by atoms with Crippen molar-refractivity contribution in [3.63, 3.8) is 0 Å². The SMILES string of the molecule is O=C(O)c1ccc(-c2ccc(/C=C3/SC(=O)N(Cc4ccc(F)cc4)C3=O)o2)cc1. The number of halogens is 1. The maximum Gasteiger partial charge on any atom is 0.335 e. The molecular formula is C22H14FNO5S. The van der Waals surface area contributed by atoms with Gasteiger partial charge in [-0.25, -0.2) is 9.18 Å². The van der Waals surface area contributed by atoms with Crippen LogP contribution in [0.2, 0.25) is 0 Å². The number of imide groups is 1. The molecule has 6 nitrogen and oxygen atoms in total. The van der Waals surface area contributed by atoms with Crippen molar-refractivity contribution in [1.29, 1.82) is 0 Å². The molecule has 1 fully saturated rings. The van der Waals surface area contributed by atoms with Gasteiger partial charge in [-0.15, -0.1) is 0 Å². The number of carboxylic acids is 1. The minimum absolute atomic E-state index is 0.0572. The molecule has 0 spiro atoms. The van der Waals surface area contributed by atoms with Gasteiger partial charge in [0, 0.05) is 11.6 Å². The molecule has 4 rings (SSSR count). The molecule has 1 aromatic heterocycles. The predicted octanol–water partition coefficient (Wildman–Crippen LogP) is 5.02. The standard InChI is InChI=1S/C22H14FNO5S/c23-16-7-1-13(2-8-16)12-24-20(25)19(30-22(24)28)11-17-9-10-18(29-17)14-3-5-15(6-4-14)21(26)27/h1-11H,12H2,(H,26,27)/b19-11+. The summed E-state index contributed by atoms with van der Waals surface area (Å²) in [7, 11) is 0. The number of carbonyl (C=O) groups is 3. The first-order valence-electron chi connectivity index (χ1n) is 8.84. The van der Waals surface area contributed by atoms with Gasteiger partial charge in [0.25, 0.3) is 11.1 Å². The molecule has 0 saturated carbocycles. The van der Waals surface area contributed by atoms with Gasteiger partial charge < -0.3 is 9.52 Å². The zero-order valence-electron chi connectivity index (χ0n) is 15.4. The van der Waals surface area contributed by atoms with Gasteiger partial charge >= 0.3 is 5.97 Å². The van der Waals surface area contributed by atoms with Crippen LogP contribution in [-0.2, 0) is 11.3 Å². The number of hydrogen-bond donors (Lipinski definition) is 1. The summed E-state index contributed by atoms with van der Waals surface area (Å²) in [6.45, 7) is 0.0572. The highest BCUT2D eigenvalue weighted by atomic mass is 32.2. The highest BCUT2D eigenvalue weighted by molar-refractivity contribution is 8.18. The summed E-state index contributed by atoms with van der Waals surface area (Å²) in [6.07, 6.45) is 1.49. The van der Waals surface area contributed by atoms with E-state index in [9.17, 15) is 18.8 Å². The quantitative estimate of drug-likeness (QED) is 0.580. The fourth-order valence-electron chi connectivity index (χ4n) is 2.90. The molecule has 30 heavy (non-hydrogen) atoms. The Hall–Kier alpha value is -3.65. The first kappa shape index (κ1) is 19.7. The van der Waals surface area contributed by atoms with Gasteiger partial charge in [0.05, 0.1) is 17.0 Å². The third kappa shape index (κ3) is 4.04. The molecule has 8 heteroatoms. The topological polar surface area (TPSA) is 87.8 Å². The third-order valence-corrected chi connectivity index (χ3v) is 5.35. The first-order chi connectivity index (χ1) is 14.4. The smallest absolute Gasteiger partial charge is 0.335 e. The van der Waals surface area contributed by atoms with E-state index in [2.05, 4.69) is 0 Å². The lowest BCUT2D eigenvalue weighted by molar-refractivity contribution is -0.123. The number of nitrogens with zero attached hydrogens (tertiary/aromatic N) is 1. The van der Waals surface area contributed by atoms with Crippen LogP contribution in [0.15, 0.2) is 70.0 Å². The Balaban J connectivity index is 1.51. The van der Waals surface area contributed by atoms with Gasteiger partial charge in [0.15, 0.2) is 0 Å². The van der Waals surface area contributed by atoms with Gasteiger partial charge in [-0.1, -0.05) is 24.3 Å². The summed E-state index contributed by atoms with van der Waals surface area (Å²) in [5, 5.41) is 8.56. The van der Waals surface area contributed by atoms with Crippen LogP contribution in [-0.4, -0.2) is 27.1 Å². The second-order valence-corrected chi connectivity index (χ2v) is 7.47. The molecule has 1 N–H and O–H groups in total. The summed E-state index contributed by atoms with van der Waals surface area (Å²) >= 11 is 0.808. The fraction of sp³-hybridized carbons (Fsp3) is 0.0455. The van der Waals surface area contributed by atoms with Gasteiger partial charge in [-0.05, 0) is 53.7 Å². The minimum atomic E-state index is -1.02. The molecule has 0 aliphatic carbocycles. The molecule has 2 amide bonds. The highest BCUT2D eigenvalue weighted by Crippen LogP contribution is 2.34. The second kappa shape index (κ2) is 8.00. The van der Waals surface area contributed by atoms with E-state index in [0.717, 1.165) is 16.7 Å². The predicted molar refractivity (Wildman–Crippen MR) is 109 cm³/mol. The van der Waals surface area contributed by atoms with Crippen molar-refractivity contribution >= 4 is 35.0 Å². The van der Waals surface area contributed by atoms with E-state index in [4.69, 9.17) is 9.52 Å². The van der Waals surface area contributed by atoms with Gasteiger partial charge in [-0.2, -0.15) is 0 Å². The molecule has 0 unspecified atom stereocenters. The zero-order chi connectivity index (χ0) is 21.3. The number of furan rings is 1. The van der Waals surface area contributed by atoms with Crippen molar-refractivity contribution in [3.8, 4) is 11.3 Å². The van der Waals surface area contributed by atoms with Crippen LogP contribution < -0.4 is 0 Å². The van der Waals surface area contributed by atoms with Crippen LogP contribution >= 0.6 is 11.8 Å². The summed E-state index contributed by atoms with van der Waals surface area (Å²) in [4.78, 5) is 37.1. The first-order valence-corrected chi connectivity index (χ1v) is 9.66. The Morgan fingerprint density at radius 2 is 1.73 bits per heavy atom. The summed E-state index contributed by atoms with van der Waals surface area (Å²) in [6, 6.07) is 15.2. The van der Waals surface area contributed by atoms with Crippen molar-refractivity contribution in [2.24, 2.45) is 0 Å². The van der Waals surface area contributed by atoms with E-state index in [0.29, 0.717) is 22.6 Å². The summed E-state index contributed by atoms with van der Waals surface area (Å²) in [5.41, 5.74) is 1.49. The lowest BCUT2D eigenvalue weighted by Crippen LogP contribution is -2.27. The van der Waals surface area contributed by atoms with Crippen LogP contribution in [0.3, 0.4) is 0 Å². The Morgan fingerprint density at radius 1 is 1.03 bits per heavy atom. The molecule has 3 aromatic rings. The number of carboxylic acid groups (broad SMARTS) is 1. The molecule has 0 bridgehead atoms. The molecule has 1 aliphatic heterocycles. The average Bonchev–Trinajstić information content (AvgIpc) is 3.30. The van der Waals surface area contributed by atoms with Crippen molar-refractivity contribution in [3.05, 3.63) is 88.3 Å². The monoisotopic (exact) mass is 423 g/mol. The lowest BCUT2D eigenvalue weighted by Gasteiger charge is -2.12. The molecule has 150 valence electrons. The molecule has 2 aromatic carbocycles. The van der Waals surface area contributed by atoms with E-state index in [1.165, 1.54) is 42.5 Å². The summed E-state index contributed by atoms with van der Waals surface area (Å²) in [5.74, 6) is -0.960. The van der Waals surface area contributed by atoms with Crippen molar-refractivity contribution in [1.82, 2.24) is 4.90 Å². The number of rotatable bonds is 5. The lowest BCUT2D eigenvalue weighted by atomic mass is 10.1. The largest absolute Gasteiger partial charge is 0.478 e. The van der Waals surface area contributed by atoms with Crippen molar-refractivity contribution < 1.29 is 28.3 Å². The molecule has 2 heterocycles. The Kier molecular flexibility index (Phi) is 5.24. The normalized spacial score (nSPS) is 15.2. The fourth-order valence-corrected chi connectivity index (χ4v) is 3.72. The van der Waals surface area contributed by atoms with Crippen LogP contribution in [0, 0.1) is 5.82 Å². The van der Waals surface area contributed by atoms with E-state index in [-0.39, 0.29) is 22.8 Å². The number of benzene rings is 2. The van der Waals surface area contributed by atoms with Gasteiger partial charge in [-0.3, -0.25) is 14.5 Å². The van der Waals surface area contributed by atoms with Crippen LogP contribution in [0.1, 0.15) is 21.7 Å². The number of hydrogen-bond acceptors (Lipinski definition) is 5. The van der Waals surface area contributed by atoms with E-state index in [1.807, 2.05) is 0 Å². The van der Waals surface area contributed by atoms with E-state index >= 15 is 0 Å². The number of amides is 2. The van der Waals surface area contributed by atoms with Crippen LogP contribution in [0.4, 0.5) is 9.18 Å². The number of thioether (sulfide) groups is 1. The minimum Gasteiger partial charge on any atom is -0.478 e. The van der Waals surface area contributed by atoms with Gasteiger partial charge in [0.1, 0.15) is 17.3 Å². The Bertz CT molecular complexity index is 1160. The maximum atomic E-state index is 13.0. The van der Waals surface area contributed by atoms with Crippen molar-refractivity contribution in [2.75, 3.05) is 0 Å². The van der Waals surface area contributed by atoms with Gasteiger partial charge in [0.2, 0.25) is 0 Å². The zero-order valence-corrected chi connectivity index (χ0v) is 16.2. The van der Waals surface area contributed by atoms with Crippen LogP contribution in [0.25, 0.3) is 17.4 Å². The Labute approximate surface area is 174 Å². The van der Waals surface area contributed by atoms with E-state index < -0.39 is 17.1 Å². The molecule has 1 aliphatic rings.